The molecule has 2 aromatic carbocycles. The van der Waals surface area contributed by atoms with Gasteiger partial charge in [0.15, 0.2) is 0 Å². The molecule has 0 radical (unpaired) electrons. The minimum atomic E-state index is -0.812. The van der Waals surface area contributed by atoms with E-state index < -0.39 is 11.8 Å². The van der Waals surface area contributed by atoms with Gasteiger partial charge in [-0.05, 0) is 42.2 Å². The largest absolute Gasteiger partial charge is 0.329 e. The molecule has 0 aliphatic rings. The van der Waals surface area contributed by atoms with E-state index in [0.717, 1.165) is 17.5 Å². The van der Waals surface area contributed by atoms with E-state index in [1.54, 1.807) is 18.2 Å². The van der Waals surface area contributed by atoms with E-state index in [4.69, 9.17) is 0 Å². The van der Waals surface area contributed by atoms with Crippen LogP contribution in [0.25, 0.3) is 0 Å². The second kappa shape index (κ2) is 7.89. The summed E-state index contributed by atoms with van der Waals surface area (Å²) in [6, 6.07) is 15.0. The molecule has 5 heteroatoms. The molecule has 0 aromatic heterocycles. The third kappa shape index (κ3) is 5.07. The maximum atomic E-state index is 11.8. The molecule has 5 nitrogen and oxygen atoms in total. The maximum Gasteiger partial charge on any atom is 0.329 e. The highest BCUT2D eigenvalue weighted by Gasteiger charge is 2.12. The molecule has 0 saturated heterocycles. The van der Waals surface area contributed by atoms with Gasteiger partial charge in [-0.25, -0.2) is 5.43 Å². The van der Waals surface area contributed by atoms with E-state index in [9.17, 15) is 9.59 Å². The third-order valence-electron chi connectivity index (χ3n) is 3.25. The first-order chi connectivity index (χ1) is 11.1. The second-order valence-corrected chi connectivity index (χ2v) is 5.12. The number of hydrogen-bond acceptors (Lipinski definition) is 3. The molecule has 2 rings (SSSR count). The van der Waals surface area contributed by atoms with E-state index in [1.165, 1.54) is 11.8 Å². The lowest BCUT2D eigenvalue weighted by molar-refractivity contribution is -0.136. The SMILES string of the molecule is CCc1ccc(/C=N/NC(=O)C(=O)Nc2cccc(C)c2)cc1. The summed E-state index contributed by atoms with van der Waals surface area (Å²) in [4.78, 5) is 23.4. The molecule has 0 spiro atoms. The Bertz CT molecular complexity index is 721. The molecule has 2 N–H and O–H groups in total. The van der Waals surface area contributed by atoms with Crippen LogP contribution in [0, 0.1) is 6.92 Å². The Morgan fingerprint density at radius 2 is 1.83 bits per heavy atom. The van der Waals surface area contributed by atoms with Crippen molar-refractivity contribution in [1.29, 1.82) is 0 Å². The van der Waals surface area contributed by atoms with Crippen molar-refractivity contribution >= 4 is 23.7 Å². The molecular weight excluding hydrogens is 290 g/mol. The molecule has 0 unspecified atom stereocenters. The highest BCUT2D eigenvalue weighted by molar-refractivity contribution is 6.39. The van der Waals surface area contributed by atoms with Crippen molar-refractivity contribution in [3.8, 4) is 0 Å². The van der Waals surface area contributed by atoms with Crippen molar-refractivity contribution in [1.82, 2.24) is 5.43 Å². The van der Waals surface area contributed by atoms with Crippen molar-refractivity contribution < 1.29 is 9.59 Å². The lowest BCUT2D eigenvalue weighted by Gasteiger charge is -2.04. The normalized spacial score (nSPS) is 10.5. The molecule has 0 bridgehead atoms. The van der Waals surface area contributed by atoms with Crippen LogP contribution in [-0.4, -0.2) is 18.0 Å². The first kappa shape index (κ1) is 16.4. The third-order valence-corrected chi connectivity index (χ3v) is 3.25. The van der Waals surface area contributed by atoms with Crippen LogP contribution < -0.4 is 10.7 Å². The number of rotatable bonds is 4. The fraction of sp³-hybridized carbons (Fsp3) is 0.167. The van der Waals surface area contributed by atoms with E-state index in [-0.39, 0.29) is 0 Å². The average molecular weight is 309 g/mol. The van der Waals surface area contributed by atoms with Crippen molar-refractivity contribution in [3.63, 3.8) is 0 Å². The fourth-order valence-electron chi connectivity index (χ4n) is 1.97. The van der Waals surface area contributed by atoms with E-state index >= 15 is 0 Å². The highest BCUT2D eigenvalue weighted by Crippen LogP contribution is 2.09. The summed E-state index contributed by atoms with van der Waals surface area (Å²) in [6.45, 7) is 3.99. The molecule has 0 aliphatic heterocycles. The number of anilines is 1. The van der Waals surface area contributed by atoms with Crippen molar-refractivity contribution in [2.24, 2.45) is 5.10 Å². The van der Waals surface area contributed by atoms with Gasteiger partial charge in [-0.15, -0.1) is 0 Å². The molecule has 0 atom stereocenters. The molecule has 23 heavy (non-hydrogen) atoms. The predicted octanol–water partition coefficient (Wildman–Crippen LogP) is 2.65. The van der Waals surface area contributed by atoms with E-state index in [2.05, 4.69) is 22.8 Å². The van der Waals surface area contributed by atoms with Crippen LogP contribution in [0.5, 0.6) is 0 Å². The van der Waals surface area contributed by atoms with Gasteiger partial charge in [0.05, 0.1) is 6.21 Å². The summed E-state index contributed by atoms with van der Waals surface area (Å²) in [5.74, 6) is -1.57. The van der Waals surface area contributed by atoms with Crippen molar-refractivity contribution in [2.45, 2.75) is 20.3 Å². The quantitative estimate of drug-likeness (QED) is 0.518. The summed E-state index contributed by atoms with van der Waals surface area (Å²) in [5.41, 5.74) is 5.86. The number of aryl methyl sites for hydroxylation is 2. The van der Waals surface area contributed by atoms with Crippen molar-refractivity contribution in [2.75, 3.05) is 5.32 Å². The summed E-state index contributed by atoms with van der Waals surface area (Å²) >= 11 is 0. The Morgan fingerprint density at radius 1 is 1.09 bits per heavy atom. The van der Waals surface area contributed by atoms with E-state index in [1.807, 2.05) is 37.3 Å². The zero-order valence-corrected chi connectivity index (χ0v) is 13.2. The summed E-state index contributed by atoms with van der Waals surface area (Å²) in [6.07, 6.45) is 2.46. The number of carbonyl (C=O) groups excluding carboxylic acids is 2. The van der Waals surface area contributed by atoms with Crippen LogP contribution in [-0.2, 0) is 16.0 Å². The molecule has 0 saturated carbocycles. The summed E-state index contributed by atoms with van der Waals surface area (Å²) in [5, 5.41) is 6.31. The Labute approximate surface area is 135 Å². The lowest BCUT2D eigenvalue weighted by Crippen LogP contribution is -2.32. The average Bonchev–Trinajstić information content (AvgIpc) is 2.55. The molecular formula is C18H19N3O2. The maximum absolute atomic E-state index is 11.8. The predicted molar refractivity (Wildman–Crippen MR) is 91.4 cm³/mol. The van der Waals surface area contributed by atoms with Gasteiger partial charge in [0.25, 0.3) is 0 Å². The van der Waals surface area contributed by atoms with Gasteiger partial charge in [-0.2, -0.15) is 5.10 Å². The van der Waals surface area contributed by atoms with Gasteiger partial charge in [0, 0.05) is 5.69 Å². The van der Waals surface area contributed by atoms with Crippen LogP contribution in [0.1, 0.15) is 23.6 Å². The standard InChI is InChI=1S/C18H19N3O2/c1-3-14-7-9-15(10-8-14)12-19-21-18(23)17(22)20-16-6-4-5-13(2)11-16/h4-12H,3H2,1-2H3,(H,20,22)(H,21,23)/b19-12+. The Kier molecular flexibility index (Phi) is 5.63. The summed E-state index contributed by atoms with van der Waals surface area (Å²) in [7, 11) is 0. The van der Waals surface area contributed by atoms with Crippen LogP contribution in [0.15, 0.2) is 53.6 Å². The molecule has 0 aliphatic carbocycles. The molecule has 2 amide bonds. The number of hydrazone groups is 1. The highest BCUT2D eigenvalue weighted by atomic mass is 16.2. The molecule has 118 valence electrons. The van der Waals surface area contributed by atoms with Crippen molar-refractivity contribution in [3.05, 3.63) is 65.2 Å². The topological polar surface area (TPSA) is 70.6 Å². The van der Waals surface area contributed by atoms with Gasteiger partial charge in [0.1, 0.15) is 0 Å². The Balaban J connectivity index is 1.88. The minimum Gasteiger partial charge on any atom is -0.318 e. The Morgan fingerprint density at radius 3 is 2.48 bits per heavy atom. The molecule has 0 fully saturated rings. The van der Waals surface area contributed by atoms with Gasteiger partial charge < -0.3 is 5.32 Å². The monoisotopic (exact) mass is 309 g/mol. The first-order valence-corrected chi connectivity index (χ1v) is 7.38. The minimum absolute atomic E-state index is 0.573. The second-order valence-electron chi connectivity index (χ2n) is 5.12. The zero-order valence-electron chi connectivity index (χ0n) is 13.2. The van der Waals surface area contributed by atoms with Crippen LogP contribution >= 0.6 is 0 Å². The number of nitrogens with one attached hydrogen (secondary N) is 2. The first-order valence-electron chi connectivity index (χ1n) is 7.38. The van der Waals surface area contributed by atoms with Gasteiger partial charge >= 0.3 is 11.8 Å². The smallest absolute Gasteiger partial charge is 0.318 e. The van der Waals surface area contributed by atoms with Crippen LogP contribution in [0.3, 0.4) is 0 Å². The zero-order chi connectivity index (χ0) is 16.7. The summed E-state index contributed by atoms with van der Waals surface area (Å²) < 4.78 is 0. The van der Waals surface area contributed by atoms with E-state index in [0.29, 0.717) is 5.69 Å². The van der Waals surface area contributed by atoms with Gasteiger partial charge in [-0.3, -0.25) is 9.59 Å². The number of nitrogens with zero attached hydrogens (tertiary/aromatic N) is 1. The van der Waals surface area contributed by atoms with Gasteiger partial charge in [0.2, 0.25) is 0 Å². The number of carbonyl (C=O) groups is 2. The number of hydrogen-bond donors (Lipinski definition) is 2. The van der Waals surface area contributed by atoms with Crippen LogP contribution in [0.2, 0.25) is 0 Å². The fourth-order valence-corrected chi connectivity index (χ4v) is 1.97. The lowest BCUT2D eigenvalue weighted by atomic mass is 10.1. The Hall–Kier alpha value is -2.95. The van der Waals surface area contributed by atoms with Crippen LogP contribution in [0.4, 0.5) is 5.69 Å². The molecule has 0 heterocycles. The molecule has 2 aromatic rings. The van der Waals surface area contributed by atoms with Gasteiger partial charge in [-0.1, -0.05) is 43.3 Å². The number of benzene rings is 2. The number of amides is 2.